The van der Waals surface area contributed by atoms with Crippen LogP contribution in [0, 0.1) is 0 Å². The second-order valence-corrected chi connectivity index (χ2v) is 6.87. The van der Waals surface area contributed by atoms with Crippen LogP contribution in [-0.2, 0) is 37.3 Å². The molecule has 0 saturated heterocycles. The number of hydrogen-bond donors (Lipinski definition) is 2. The molecule has 0 radical (unpaired) electrons. The lowest BCUT2D eigenvalue weighted by Crippen LogP contribution is -2.42. The van der Waals surface area contributed by atoms with E-state index in [9.17, 15) is 23.1 Å². The third-order valence-electron chi connectivity index (χ3n) is 3.32. The Morgan fingerprint density at radius 2 is 2.00 bits per heavy atom. The van der Waals surface area contributed by atoms with Gasteiger partial charge >= 0.3 is 11.9 Å². The Hall–Kier alpha value is -2.72. The van der Waals surface area contributed by atoms with Gasteiger partial charge in [-0.05, 0) is 12.0 Å². The zero-order valence-corrected chi connectivity index (χ0v) is 14.1. The van der Waals surface area contributed by atoms with Gasteiger partial charge in [0.25, 0.3) is 0 Å². The summed E-state index contributed by atoms with van der Waals surface area (Å²) in [5.41, 5.74) is 0.680. The number of carbonyl (C=O) groups excluding carboxylic acids is 1. The number of carbonyl (C=O) groups is 2. The first-order valence-corrected chi connectivity index (χ1v) is 8.68. The molecule has 0 fully saturated rings. The summed E-state index contributed by atoms with van der Waals surface area (Å²) in [5, 5.41) is 13.0. The van der Waals surface area contributed by atoms with Crippen molar-refractivity contribution in [3.63, 3.8) is 0 Å². The van der Waals surface area contributed by atoms with E-state index in [1.165, 1.54) is 7.11 Å². The van der Waals surface area contributed by atoms with E-state index < -0.39 is 28.0 Å². The van der Waals surface area contributed by atoms with Crippen molar-refractivity contribution >= 4 is 22.0 Å². The van der Waals surface area contributed by atoms with Crippen molar-refractivity contribution in [1.29, 1.82) is 0 Å². The van der Waals surface area contributed by atoms with Crippen LogP contribution in [-0.4, -0.2) is 48.4 Å². The number of methoxy groups -OCH3 is 1. The molecule has 0 aliphatic heterocycles. The van der Waals surface area contributed by atoms with Crippen LogP contribution in [0.5, 0.6) is 0 Å². The van der Waals surface area contributed by atoms with Gasteiger partial charge < -0.3 is 9.84 Å². The Kier molecular flexibility index (Phi) is 5.88. The van der Waals surface area contributed by atoms with Crippen LogP contribution < -0.4 is 4.72 Å². The smallest absolute Gasteiger partial charge is 0.327 e. The first-order valence-electron chi connectivity index (χ1n) is 7.20. The predicted octanol–water partition coefficient (Wildman–Crippen LogP) is 0.0303. The molecular formula is C15H17N3O6S. The molecule has 9 nitrogen and oxygen atoms in total. The van der Waals surface area contributed by atoms with E-state index in [0.717, 1.165) is 17.1 Å². The molecule has 2 N–H and O–H groups in total. The summed E-state index contributed by atoms with van der Waals surface area (Å²) in [4.78, 5) is 22.3. The number of esters is 1. The van der Waals surface area contributed by atoms with Crippen LogP contribution in [0.1, 0.15) is 5.56 Å². The van der Waals surface area contributed by atoms with Gasteiger partial charge in [0.05, 0.1) is 13.3 Å². The molecule has 0 aliphatic rings. The summed E-state index contributed by atoms with van der Waals surface area (Å²) in [7, 11) is -2.91. The monoisotopic (exact) mass is 367 g/mol. The second-order valence-electron chi connectivity index (χ2n) is 5.15. The maximum Gasteiger partial charge on any atom is 0.327 e. The Labute approximate surface area is 144 Å². The summed E-state index contributed by atoms with van der Waals surface area (Å²) in [6.07, 6.45) is 2.15. The van der Waals surface area contributed by atoms with Crippen molar-refractivity contribution in [2.45, 2.75) is 23.9 Å². The van der Waals surface area contributed by atoms with Gasteiger partial charge in [0.15, 0.2) is 0 Å². The molecule has 0 bridgehead atoms. The number of nitrogens with zero attached hydrogens (tertiary/aromatic N) is 2. The van der Waals surface area contributed by atoms with Crippen LogP contribution in [0.3, 0.4) is 0 Å². The van der Waals surface area contributed by atoms with Gasteiger partial charge in [0.1, 0.15) is 17.5 Å². The average molecular weight is 367 g/mol. The number of ether oxygens (including phenoxy) is 1. The van der Waals surface area contributed by atoms with Gasteiger partial charge in [-0.25, -0.2) is 8.42 Å². The summed E-state index contributed by atoms with van der Waals surface area (Å²) in [5.74, 6) is -1.89. The highest BCUT2D eigenvalue weighted by atomic mass is 32.2. The molecule has 1 atom stereocenters. The van der Waals surface area contributed by atoms with Crippen molar-refractivity contribution in [2.24, 2.45) is 0 Å². The van der Waals surface area contributed by atoms with Crippen LogP contribution in [0.15, 0.2) is 47.6 Å². The zero-order valence-electron chi connectivity index (χ0n) is 13.3. The van der Waals surface area contributed by atoms with E-state index in [0.29, 0.717) is 5.56 Å². The van der Waals surface area contributed by atoms with Crippen LogP contribution in [0.2, 0.25) is 0 Å². The molecular weight excluding hydrogens is 350 g/mol. The third kappa shape index (κ3) is 5.13. The number of nitrogens with one attached hydrogen (secondary N) is 1. The van der Waals surface area contributed by atoms with Gasteiger partial charge in [-0.1, -0.05) is 30.3 Å². The molecule has 1 aromatic carbocycles. The van der Waals surface area contributed by atoms with Crippen molar-refractivity contribution in [3.05, 3.63) is 48.3 Å². The zero-order chi connectivity index (χ0) is 18.4. The van der Waals surface area contributed by atoms with Crippen molar-refractivity contribution in [1.82, 2.24) is 14.5 Å². The van der Waals surface area contributed by atoms with Crippen LogP contribution in [0.25, 0.3) is 0 Å². The van der Waals surface area contributed by atoms with Gasteiger partial charge in [-0.2, -0.15) is 9.82 Å². The summed E-state index contributed by atoms with van der Waals surface area (Å²) in [6.45, 7) is -0.252. The number of carboxylic acid groups (broad SMARTS) is 1. The average Bonchev–Trinajstić information content (AvgIpc) is 3.04. The van der Waals surface area contributed by atoms with Crippen LogP contribution in [0.4, 0.5) is 0 Å². The topological polar surface area (TPSA) is 128 Å². The maximum atomic E-state index is 12.4. The second kappa shape index (κ2) is 7.90. The van der Waals surface area contributed by atoms with Crippen molar-refractivity contribution in [3.8, 4) is 0 Å². The van der Waals surface area contributed by atoms with E-state index in [4.69, 9.17) is 0 Å². The van der Waals surface area contributed by atoms with Gasteiger partial charge in [0, 0.05) is 6.20 Å². The Bertz CT molecular complexity index is 847. The Morgan fingerprint density at radius 1 is 1.32 bits per heavy atom. The number of benzene rings is 1. The lowest BCUT2D eigenvalue weighted by Gasteiger charge is -2.14. The number of hydrogen-bond acceptors (Lipinski definition) is 6. The van der Waals surface area contributed by atoms with Gasteiger partial charge in [0.2, 0.25) is 10.0 Å². The van der Waals surface area contributed by atoms with Gasteiger partial charge in [-0.15, -0.1) is 0 Å². The van der Waals surface area contributed by atoms with Crippen molar-refractivity contribution < 1.29 is 27.9 Å². The maximum absolute atomic E-state index is 12.4. The number of sulfonamides is 1. The number of aromatic nitrogens is 2. The largest absolute Gasteiger partial charge is 0.480 e. The molecule has 25 heavy (non-hydrogen) atoms. The van der Waals surface area contributed by atoms with Crippen LogP contribution >= 0.6 is 0 Å². The number of carboxylic acids is 1. The molecule has 0 aliphatic carbocycles. The highest BCUT2D eigenvalue weighted by molar-refractivity contribution is 7.89. The molecule has 2 rings (SSSR count). The fourth-order valence-electron chi connectivity index (χ4n) is 2.05. The minimum Gasteiger partial charge on any atom is -0.480 e. The lowest BCUT2D eigenvalue weighted by atomic mass is 10.1. The minimum absolute atomic E-state index is 0.00823. The molecule has 0 saturated carbocycles. The number of aliphatic carboxylic acids is 1. The summed E-state index contributed by atoms with van der Waals surface area (Å²) < 4.78 is 32.4. The minimum atomic E-state index is -4.11. The van der Waals surface area contributed by atoms with E-state index in [1.807, 2.05) is 0 Å². The van der Waals surface area contributed by atoms with Gasteiger partial charge in [-0.3, -0.25) is 14.3 Å². The fourth-order valence-corrected chi connectivity index (χ4v) is 3.19. The molecule has 1 heterocycles. The normalized spacial score (nSPS) is 12.5. The quantitative estimate of drug-likeness (QED) is 0.630. The number of rotatable bonds is 8. The summed E-state index contributed by atoms with van der Waals surface area (Å²) >= 11 is 0. The van der Waals surface area contributed by atoms with E-state index in [2.05, 4.69) is 14.6 Å². The molecule has 134 valence electrons. The Balaban J connectivity index is 2.14. The molecule has 0 unspecified atom stereocenters. The molecule has 0 spiro atoms. The van der Waals surface area contributed by atoms with E-state index >= 15 is 0 Å². The standard InChI is InChI=1S/C15H17N3O6S/c1-24-14(19)10-18-9-12(8-16-18)25(22,23)17-13(15(20)21)7-11-5-3-2-4-6-11/h2-6,8-9,13,17H,7,10H2,1H3,(H,20,21)/t13-/m1/s1. The summed E-state index contributed by atoms with van der Waals surface area (Å²) in [6, 6.07) is 7.33. The van der Waals surface area contributed by atoms with E-state index in [1.54, 1.807) is 30.3 Å². The third-order valence-corrected chi connectivity index (χ3v) is 4.74. The highest BCUT2D eigenvalue weighted by Crippen LogP contribution is 2.11. The molecule has 1 aromatic heterocycles. The Morgan fingerprint density at radius 3 is 2.60 bits per heavy atom. The SMILES string of the molecule is COC(=O)Cn1cc(S(=O)(=O)N[C@H](Cc2ccccc2)C(=O)O)cn1. The highest BCUT2D eigenvalue weighted by Gasteiger charge is 2.26. The molecule has 2 aromatic rings. The first-order chi connectivity index (χ1) is 11.8. The van der Waals surface area contributed by atoms with E-state index in [-0.39, 0.29) is 17.9 Å². The molecule has 0 amide bonds. The predicted molar refractivity (Wildman–Crippen MR) is 86.1 cm³/mol. The fraction of sp³-hybridized carbons (Fsp3) is 0.267. The first kappa shape index (κ1) is 18.6. The van der Waals surface area contributed by atoms with Crippen molar-refractivity contribution in [2.75, 3.05) is 7.11 Å². The molecule has 10 heteroatoms. The lowest BCUT2D eigenvalue weighted by molar-refractivity contribution is -0.141.